The second kappa shape index (κ2) is 8.36. The van der Waals surface area contributed by atoms with Gasteiger partial charge in [0.15, 0.2) is 0 Å². The number of aromatic amines is 1. The average Bonchev–Trinajstić information content (AvgIpc) is 3.20. The number of carbonyl (C=O) groups excluding carboxylic acids is 1. The lowest BCUT2D eigenvalue weighted by atomic mass is 9.92. The molecule has 1 aliphatic rings. The third-order valence-electron chi connectivity index (χ3n) is 6.27. The van der Waals surface area contributed by atoms with E-state index in [0.29, 0.717) is 6.42 Å². The van der Waals surface area contributed by atoms with Gasteiger partial charge in [0.2, 0.25) is 0 Å². The lowest BCUT2D eigenvalue weighted by molar-refractivity contribution is -0.120. The summed E-state index contributed by atoms with van der Waals surface area (Å²) in [5.74, 6) is 2.02. The van der Waals surface area contributed by atoms with Gasteiger partial charge in [-0.3, -0.25) is 9.89 Å². The molecule has 3 heterocycles. The monoisotopic (exact) mass is 390 g/mol. The number of piperidine rings is 1. The number of hydrogen-bond acceptors (Lipinski definition) is 4. The van der Waals surface area contributed by atoms with E-state index < -0.39 is 0 Å². The van der Waals surface area contributed by atoms with Crippen molar-refractivity contribution in [1.29, 1.82) is 0 Å². The number of aryl methyl sites for hydroxylation is 2. The zero-order valence-electron chi connectivity index (χ0n) is 17.6. The number of hydrogen-bond donors (Lipinski definition) is 1. The van der Waals surface area contributed by atoms with Crippen molar-refractivity contribution >= 4 is 22.5 Å². The molecule has 1 saturated heterocycles. The minimum atomic E-state index is -0.119. The van der Waals surface area contributed by atoms with Crippen molar-refractivity contribution in [2.75, 3.05) is 18.0 Å². The molecule has 0 aliphatic carbocycles. The third kappa shape index (κ3) is 4.34. The molecule has 3 aromatic rings. The number of pyridine rings is 1. The van der Waals surface area contributed by atoms with Crippen LogP contribution in [0.2, 0.25) is 0 Å². The lowest BCUT2D eigenvalue weighted by Gasteiger charge is -2.32. The molecule has 5 heteroatoms. The summed E-state index contributed by atoms with van der Waals surface area (Å²) in [5, 5.41) is 8.07. The number of nitrogens with one attached hydrogen (secondary N) is 1. The van der Waals surface area contributed by atoms with E-state index in [1.807, 2.05) is 26.0 Å². The van der Waals surface area contributed by atoms with Gasteiger partial charge in [0, 0.05) is 36.5 Å². The summed E-state index contributed by atoms with van der Waals surface area (Å²) >= 11 is 0. The van der Waals surface area contributed by atoms with Crippen molar-refractivity contribution in [2.24, 2.45) is 5.92 Å². The predicted molar refractivity (Wildman–Crippen MR) is 117 cm³/mol. The molecule has 0 saturated carbocycles. The number of anilines is 1. The molecule has 0 amide bonds. The molecule has 0 radical (unpaired) electrons. The van der Waals surface area contributed by atoms with Crippen LogP contribution in [0.25, 0.3) is 10.9 Å². The quantitative estimate of drug-likeness (QED) is 0.656. The Balaban J connectivity index is 1.46. The van der Waals surface area contributed by atoms with Crippen LogP contribution in [-0.4, -0.2) is 34.1 Å². The average molecular weight is 391 g/mol. The molecule has 4 rings (SSSR count). The van der Waals surface area contributed by atoms with Gasteiger partial charge in [-0.25, -0.2) is 4.98 Å². The van der Waals surface area contributed by atoms with Gasteiger partial charge in [0.05, 0.1) is 11.7 Å². The van der Waals surface area contributed by atoms with E-state index >= 15 is 0 Å². The Kier molecular flexibility index (Phi) is 5.65. The van der Waals surface area contributed by atoms with Gasteiger partial charge < -0.3 is 4.90 Å². The van der Waals surface area contributed by atoms with E-state index in [2.05, 4.69) is 40.2 Å². The van der Waals surface area contributed by atoms with Crippen LogP contribution in [0.4, 0.5) is 5.82 Å². The summed E-state index contributed by atoms with van der Waals surface area (Å²) in [6.07, 6.45) is 5.50. The summed E-state index contributed by atoms with van der Waals surface area (Å²) in [5.41, 5.74) is 4.28. The topological polar surface area (TPSA) is 61.9 Å². The van der Waals surface area contributed by atoms with Gasteiger partial charge in [-0.15, -0.1) is 0 Å². The first-order valence-corrected chi connectivity index (χ1v) is 10.7. The second-order valence-corrected chi connectivity index (χ2v) is 8.51. The highest BCUT2D eigenvalue weighted by atomic mass is 16.1. The summed E-state index contributed by atoms with van der Waals surface area (Å²) < 4.78 is 0. The molecule has 1 N–H and O–H groups in total. The fraction of sp³-hybridized carbons (Fsp3) is 0.458. The molecule has 5 nitrogen and oxygen atoms in total. The van der Waals surface area contributed by atoms with Gasteiger partial charge in [0.25, 0.3) is 0 Å². The van der Waals surface area contributed by atoms with Crippen LogP contribution >= 0.6 is 0 Å². The van der Waals surface area contributed by atoms with Gasteiger partial charge in [-0.05, 0) is 61.4 Å². The van der Waals surface area contributed by atoms with Crippen LogP contribution < -0.4 is 4.90 Å². The standard InChI is InChI=1S/C24H30N4O/c1-16-10-12-28(13-11-16)24-19(5-4-17(2)26-24)7-9-23(29)18(3)20-6-8-22-21(14-20)15-25-27-22/h4-6,8,14-16,18H,7,9-13H2,1-3H3,(H,25,27). The molecular formula is C24H30N4O. The molecule has 0 bridgehead atoms. The lowest BCUT2D eigenvalue weighted by Crippen LogP contribution is -2.34. The van der Waals surface area contributed by atoms with Crippen LogP contribution in [0.1, 0.15) is 55.8 Å². The molecule has 1 atom stereocenters. The number of rotatable bonds is 6. The number of benzene rings is 1. The van der Waals surface area contributed by atoms with E-state index in [1.54, 1.807) is 6.20 Å². The largest absolute Gasteiger partial charge is 0.356 e. The highest BCUT2D eigenvalue weighted by Gasteiger charge is 2.21. The van der Waals surface area contributed by atoms with E-state index in [0.717, 1.165) is 53.4 Å². The number of aromatic nitrogens is 3. The molecule has 29 heavy (non-hydrogen) atoms. The molecule has 2 aromatic heterocycles. The fourth-order valence-electron chi connectivity index (χ4n) is 4.15. The van der Waals surface area contributed by atoms with E-state index in [1.165, 1.54) is 18.4 Å². The summed E-state index contributed by atoms with van der Waals surface area (Å²) in [6, 6.07) is 10.3. The Morgan fingerprint density at radius 2 is 2.03 bits per heavy atom. The molecule has 1 fully saturated rings. The minimum absolute atomic E-state index is 0.119. The fourth-order valence-corrected chi connectivity index (χ4v) is 4.15. The molecule has 1 aliphatic heterocycles. The van der Waals surface area contributed by atoms with Crippen LogP contribution in [0.3, 0.4) is 0 Å². The van der Waals surface area contributed by atoms with E-state index in [9.17, 15) is 4.79 Å². The van der Waals surface area contributed by atoms with Crippen molar-refractivity contribution in [1.82, 2.24) is 15.2 Å². The zero-order valence-corrected chi connectivity index (χ0v) is 17.6. The summed E-state index contributed by atoms with van der Waals surface area (Å²) in [4.78, 5) is 20.2. The second-order valence-electron chi connectivity index (χ2n) is 8.51. The maximum atomic E-state index is 12.9. The number of ketones is 1. The molecule has 1 aromatic carbocycles. The number of fused-ring (bicyclic) bond motifs is 1. The zero-order chi connectivity index (χ0) is 20.4. The first-order chi connectivity index (χ1) is 14.0. The van der Waals surface area contributed by atoms with E-state index in [4.69, 9.17) is 4.98 Å². The minimum Gasteiger partial charge on any atom is -0.356 e. The van der Waals surface area contributed by atoms with Crippen LogP contribution in [0.5, 0.6) is 0 Å². The third-order valence-corrected chi connectivity index (χ3v) is 6.27. The Morgan fingerprint density at radius 1 is 1.24 bits per heavy atom. The molecule has 0 spiro atoms. The van der Waals surface area contributed by atoms with E-state index in [-0.39, 0.29) is 11.7 Å². The maximum absolute atomic E-state index is 12.9. The van der Waals surface area contributed by atoms with Gasteiger partial charge in [-0.2, -0.15) is 5.10 Å². The highest BCUT2D eigenvalue weighted by Crippen LogP contribution is 2.27. The normalized spacial score (nSPS) is 16.3. The van der Waals surface area contributed by atoms with Crippen molar-refractivity contribution in [3.05, 3.63) is 53.3 Å². The highest BCUT2D eigenvalue weighted by molar-refractivity contribution is 5.87. The Bertz CT molecular complexity index is 1000. The molecule has 152 valence electrons. The molecule has 1 unspecified atom stereocenters. The Labute approximate surface area is 172 Å². The van der Waals surface area contributed by atoms with Crippen LogP contribution in [0, 0.1) is 12.8 Å². The Hall–Kier alpha value is -2.69. The van der Waals surface area contributed by atoms with Crippen LogP contribution in [0.15, 0.2) is 36.5 Å². The van der Waals surface area contributed by atoms with Crippen LogP contribution in [-0.2, 0) is 11.2 Å². The summed E-state index contributed by atoms with van der Waals surface area (Å²) in [7, 11) is 0. The van der Waals surface area contributed by atoms with Crippen molar-refractivity contribution < 1.29 is 4.79 Å². The van der Waals surface area contributed by atoms with Crippen molar-refractivity contribution in [3.63, 3.8) is 0 Å². The smallest absolute Gasteiger partial charge is 0.140 e. The number of Topliss-reactive ketones (excluding diaryl/α,β-unsaturated/α-hetero) is 1. The number of carbonyl (C=O) groups is 1. The molecular weight excluding hydrogens is 360 g/mol. The SMILES string of the molecule is Cc1ccc(CCC(=O)C(C)c2ccc3[nH]ncc3c2)c(N2CCC(C)CC2)n1. The predicted octanol–water partition coefficient (Wildman–Crippen LogP) is 4.81. The van der Waals surface area contributed by atoms with Crippen molar-refractivity contribution in [3.8, 4) is 0 Å². The maximum Gasteiger partial charge on any atom is 0.140 e. The summed E-state index contributed by atoms with van der Waals surface area (Å²) in [6.45, 7) is 8.48. The number of nitrogens with zero attached hydrogens (tertiary/aromatic N) is 3. The van der Waals surface area contributed by atoms with Gasteiger partial charge >= 0.3 is 0 Å². The van der Waals surface area contributed by atoms with Gasteiger partial charge in [-0.1, -0.05) is 26.0 Å². The van der Waals surface area contributed by atoms with Gasteiger partial charge in [0.1, 0.15) is 11.6 Å². The first-order valence-electron chi connectivity index (χ1n) is 10.7. The first kappa shape index (κ1) is 19.6. The Morgan fingerprint density at radius 3 is 2.83 bits per heavy atom. The van der Waals surface area contributed by atoms with Crippen molar-refractivity contribution in [2.45, 2.75) is 52.4 Å². The number of H-pyrrole nitrogens is 1.